The molecule has 1 atom stereocenters. The number of carbonyl (C=O) groups excluding carboxylic acids is 3. The van der Waals surface area contributed by atoms with Gasteiger partial charge in [-0.25, -0.2) is 9.78 Å². The fourth-order valence-corrected chi connectivity index (χ4v) is 4.89. The van der Waals surface area contributed by atoms with Gasteiger partial charge in [0.15, 0.2) is 0 Å². The summed E-state index contributed by atoms with van der Waals surface area (Å²) in [4.78, 5) is 50.4. The van der Waals surface area contributed by atoms with Gasteiger partial charge in [0.1, 0.15) is 11.9 Å². The SMILES string of the molecule is CCCNc1nc(Nc2ccc3cnn(C(=O)OCC)c3c2)ncc1C#CCCCNC(=O)[C@@H]1CCCN1C(=O)C=CCN(C)C. The van der Waals surface area contributed by atoms with Crippen molar-refractivity contribution in [3.63, 3.8) is 0 Å². The molecule has 3 heterocycles. The summed E-state index contributed by atoms with van der Waals surface area (Å²) in [5, 5.41) is 14.4. The van der Waals surface area contributed by atoms with Gasteiger partial charge in [-0.15, -0.1) is 0 Å². The maximum atomic E-state index is 12.8. The summed E-state index contributed by atoms with van der Waals surface area (Å²) in [6.07, 6.45) is 9.75. The van der Waals surface area contributed by atoms with Gasteiger partial charge >= 0.3 is 6.09 Å². The number of aromatic nitrogens is 4. The molecule has 0 aliphatic carbocycles. The molecule has 0 bridgehead atoms. The number of nitrogens with one attached hydrogen (secondary N) is 3. The summed E-state index contributed by atoms with van der Waals surface area (Å²) < 4.78 is 6.31. The number of likely N-dealkylation sites (tertiary alicyclic amines) is 1. The quantitative estimate of drug-likeness (QED) is 0.145. The molecule has 0 saturated carbocycles. The lowest BCUT2D eigenvalue weighted by Gasteiger charge is -2.22. The Morgan fingerprint density at radius 2 is 2.02 bits per heavy atom. The molecular formula is C33H43N9O4. The van der Waals surface area contributed by atoms with Crippen LogP contribution in [0.3, 0.4) is 0 Å². The molecule has 1 saturated heterocycles. The number of amides is 2. The number of rotatable bonds is 13. The van der Waals surface area contributed by atoms with E-state index in [1.165, 1.54) is 4.68 Å². The van der Waals surface area contributed by atoms with Crippen molar-refractivity contribution in [1.82, 2.24) is 34.9 Å². The van der Waals surface area contributed by atoms with Gasteiger partial charge in [-0.05, 0) is 64.9 Å². The Hall–Kier alpha value is -4.96. The maximum absolute atomic E-state index is 12.8. The minimum absolute atomic E-state index is 0.119. The summed E-state index contributed by atoms with van der Waals surface area (Å²) in [6, 6.07) is 5.08. The molecule has 13 heteroatoms. The van der Waals surface area contributed by atoms with E-state index >= 15 is 0 Å². The van der Waals surface area contributed by atoms with E-state index in [1.54, 1.807) is 36.4 Å². The molecular weight excluding hydrogens is 586 g/mol. The average Bonchev–Trinajstić information content (AvgIpc) is 3.70. The highest BCUT2D eigenvalue weighted by molar-refractivity contribution is 5.93. The third-order valence-electron chi connectivity index (χ3n) is 7.17. The molecule has 46 heavy (non-hydrogen) atoms. The first-order valence-electron chi connectivity index (χ1n) is 15.7. The molecule has 0 radical (unpaired) electrons. The summed E-state index contributed by atoms with van der Waals surface area (Å²) in [5.74, 6) is 7.07. The van der Waals surface area contributed by atoms with Crippen LogP contribution in [-0.4, -0.2) is 100 Å². The third kappa shape index (κ3) is 9.28. The fraction of sp³-hybridized carbons (Fsp3) is 0.455. The number of hydrogen-bond acceptors (Lipinski definition) is 10. The lowest BCUT2D eigenvalue weighted by molar-refractivity contribution is -0.135. The zero-order chi connectivity index (χ0) is 32.9. The molecule has 13 nitrogen and oxygen atoms in total. The van der Waals surface area contributed by atoms with Gasteiger partial charge in [-0.1, -0.05) is 24.8 Å². The lowest BCUT2D eigenvalue weighted by Crippen LogP contribution is -2.45. The van der Waals surface area contributed by atoms with Crippen molar-refractivity contribution in [3.8, 4) is 11.8 Å². The largest absolute Gasteiger partial charge is 0.448 e. The molecule has 1 aliphatic rings. The molecule has 2 aromatic heterocycles. The number of anilines is 3. The summed E-state index contributed by atoms with van der Waals surface area (Å²) in [6.45, 7) is 6.52. The number of benzene rings is 1. The summed E-state index contributed by atoms with van der Waals surface area (Å²) in [7, 11) is 3.87. The van der Waals surface area contributed by atoms with E-state index < -0.39 is 12.1 Å². The minimum Gasteiger partial charge on any atom is -0.448 e. The van der Waals surface area contributed by atoms with Crippen molar-refractivity contribution >= 4 is 46.3 Å². The Bertz CT molecular complexity index is 1610. The number of likely N-dealkylation sites (N-methyl/N-ethyl adjacent to an activating group) is 1. The Morgan fingerprint density at radius 3 is 2.80 bits per heavy atom. The second-order valence-corrected chi connectivity index (χ2v) is 11.1. The number of ether oxygens (including phenoxy) is 1. The fourth-order valence-electron chi connectivity index (χ4n) is 4.89. The lowest BCUT2D eigenvalue weighted by atomic mass is 10.2. The van der Waals surface area contributed by atoms with E-state index in [-0.39, 0.29) is 18.4 Å². The van der Waals surface area contributed by atoms with Crippen LogP contribution in [0.2, 0.25) is 0 Å². The van der Waals surface area contributed by atoms with Crippen LogP contribution < -0.4 is 16.0 Å². The van der Waals surface area contributed by atoms with Crippen molar-refractivity contribution in [3.05, 3.63) is 48.3 Å². The molecule has 2 amide bonds. The molecule has 0 spiro atoms. The Balaban J connectivity index is 1.32. The van der Waals surface area contributed by atoms with Crippen LogP contribution in [0.15, 0.2) is 42.7 Å². The van der Waals surface area contributed by atoms with Crippen LogP contribution in [-0.2, 0) is 14.3 Å². The Labute approximate surface area is 269 Å². The van der Waals surface area contributed by atoms with E-state index in [0.29, 0.717) is 74.0 Å². The summed E-state index contributed by atoms with van der Waals surface area (Å²) >= 11 is 0. The van der Waals surface area contributed by atoms with Crippen LogP contribution >= 0.6 is 0 Å². The van der Waals surface area contributed by atoms with Crippen molar-refractivity contribution in [2.24, 2.45) is 0 Å². The zero-order valence-electron chi connectivity index (χ0n) is 27.0. The van der Waals surface area contributed by atoms with Crippen LogP contribution in [0.4, 0.5) is 22.2 Å². The zero-order valence-corrected chi connectivity index (χ0v) is 27.0. The molecule has 0 unspecified atom stereocenters. The van der Waals surface area contributed by atoms with Gasteiger partial charge in [0.2, 0.25) is 17.8 Å². The maximum Gasteiger partial charge on any atom is 0.435 e. The predicted octanol–water partition coefficient (Wildman–Crippen LogP) is 3.75. The molecule has 3 aromatic rings. The predicted molar refractivity (Wildman–Crippen MR) is 178 cm³/mol. The van der Waals surface area contributed by atoms with E-state index in [9.17, 15) is 14.4 Å². The summed E-state index contributed by atoms with van der Waals surface area (Å²) in [5.41, 5.74) is 1.96. The Morgan fingerprint density at radius 1 is 1.17 bits per heavy atom. The van der Waals surface area contributed by atoms with Crippen molar-refractivity contribution < 1.29 is 19.1 Å². The van der Waals surface area contributed by atoms with E-state index in [2.05, 4.69) is 49.8 Å². The van der Waals surface area contributed by atoms with Crippen LogP contribution in [0.25, 0.3) is 10.9 Å². The van der Waals surface area contributed by atoms with Gasteiger partial charge in [0.25, 0.3) is 0 Å². The highest BCUT2D eigenvalue weighted by atomic mass is 16.5. The van der Waals surface area contributed by atoms with Crippen LogP contribution in [0.5, 0.6) is 0 Å². The number of unbranched alkanes of at least 4 members (excludes halogenated alkanes) is 1. The molecule has 4 rings (SSSR count). The van der Waals surface area contributed by atoms with Crippen molar-refractivity contribution in [2.45, 2.75) is 52.0 Å². The standard InChI is InChI=1S/C33H43N9O4/c1-5-17-34-30-25(12-8-7-9-18-35-31(44)27-13-10-20-41(27)29(43)14-11-19-40(3)4)22-36-32(39-30)38-26-16-15-24-23-37-42(28(24)21-26)33(45)46-6-2/h11,14-16,21-23,27H,5-7,9-10,13,17-20H2,1-4H3,(H,35,44)(H2,34,36,38,39)/t27-/m0/s1. The van der Waals surface area contributed by atoms with Gasteiger partial charge in [-0.3, -0.25) is 9.59 Å². The van der Waals surface area contributed by atoms with Gasteiger partial charge in [-0.2, -0.15) is 14.8 Å². The number of fused-ring (bicyclic) bond motifs is 1. The number of carbonyl (C=O) groups is 3. The molecule has 244 valence electrons. The second kappa shape index (κ2) is 16.9. The van der Waals surface area contributed by atoms with Crippen molar-refractivity contribution in [2.75, 3.05) is 57.5 Å². The van der Waals surface area contributed by atoms with Crippen LogP contribution in [0.1, 0.15) is 51.5 Å². The second-order valence-electron chi connectivity index (χ2n) is 11.1. The normalized spacial score (nSPS) is 14.4. The third-order valence-corrected chi connectivity index (χ3v) is 7.17. The molecule has 1 aromatic carbocycles. The first-order chi connectivity index (χ1) is 22.3. The van der Waals surface area contributed by atoms with E-state index in [1.807, 2.05) is 37.2 Å². The highest BCUT2D eigenvalue weighted by Crippen LogP contribution is 2.23. The number of hydrogen-bond donors (Lipinski definition) is 3. The van der Waals surface area contributed by atoms with Crippen molar-refractivity contribution in [1.29, 1.82) is 0 Å². The van der Waals surface area contributed by atoms with Crippen LogP contribution in [0, 0.1) is 11.8 Å². The van der Waals surface area contributed by atoms with Gasteiger partial charge < -0.3 is 30.5 Å². The Kier molecular flexibility index (Phi) is 12.5. The minimum atomic E-state index is -0.543. The first kappa shape index (κ1) is 33.9. The van der Waals surface area contributed by atoms with Gasteiger partial charge in [0.05, 0.1) is 30.1 Å². The molecule has 1 fully saturated rings. The number of nitrogens with zero attached hydrogens (tertiary/aromatic N) is 6. The average molecular weight is 630 g/mol. The molecule has 3 N–H and O–H groups in total. The molecule has 1 aliphatic heterocycles. The monoisotopic (exact) mass is 629 g/mol. The van der Waals surface area contributed by atoms with E-state index in [0.717, 1.165) is 18.2 Å². The highest BCUT2D eigenvalue weighted by Gasteiger charge is 2.32. The first-order valence-corrected chi connectivity index (χ1v) is 15.7. The smallest absolute Gasteiger partial charge is 0.435 e. The topological polar surface area (TPSA) is 147 Å². The van der Waals surface area contributed by atoms with E-state index in [4.69, 9.17) is 4.74 Å². The van der Waals surface area contributed by atoms with Gasteiger partial charge in [0, 0.05) is 49.7 Å².